The van der Waals surface area contributed by atoms with Gasteiger partial charge in [0.1, 0.15) is 12.2 Å². The zero-order valence-electron chi connectivity index (χ0n) is 19.9. The number of nitrogens with two attached hydrogens (primary N) is 1. The first-order valence-electron chi connectivity index (χ1n) is 11.0. The van der Waals surface area contributed by atoms with Gasteiger partial charge in [0.15, 0.2) is 0 Å². The third kappa shape index (κ3) is 5.07. The van der Waals surface area contributed by atoms with Crippen molar-refractivity contribution in [1.29, 1.82) is 0 Å². The van der Waals surface area contributed by atoms with Crippen LogP contribution in [0.25, 0.3) is 11.8 Å². The second-order valence-electron chi connectivity index (χ2n) is 8.50. The van der Waals surface area contributed by atoms with Crippen molar-refractivity contribution >= 4 is 39.6 Å². The number of imide groups is 1. The maximum Gasteiger partial charge on any atom is 0.329 e. The molecule has 4 rings (SSSR count). The van der Waals surface area contributed by atoms with E-state index in [2.05, 4.69) is 10.6 Å². The molecule has 4 N–H and O–H groups in total. The highest BCUT2D eigenvalue weighted by atomic mass is 32.2. The molecular formula is C25H25N5O5S. The Kier molecular flexibility index (Phi) is 6.53. The van der Waals surface area contributed by atoms with Crippen LogP contribution >= 0.6 is 0 Å². The summed E-state index contributed by atoms with van der Waals surface area (Å²) in [5, 5.41) is 10.4. The van der Waals surface area contributed by atoms with E-state index in [9.17, 15) is 22.8 Å². The number of nitrogens with one attached hydrogen (secondary N) is 2. The van der Waals surface area contributed by atoms with Gasteiger partial charge in [-0.2, -0.15) is 0 Å². The fourth-order valence-electron chi connectivity index (χ4n) is 4.05. The molecule has 1 saturated heterocycles. The van der Waals surface area contributed by atoms with Gasteiger partial charge >= 0.3 is 6.03 Å². The summed E-state index contributed by atoms with van der Waals surface area (Å²) in [6, 6.07) is 14.4. The summed E-state index contributed by atoms with van der Waals surface area (Å²) in [5.41, 5.74) is 4.57. The number of sulfonamides is 1. The highest BCUT2D eigenvalue weighted by Gasteiger charge is 2.35. The molecule has 11 heteroatoms. The van der Waals surface area contributed by atoms with Crippen molar-refractivity contribution in [3.63, 3.8) is 0 Å². The molecule has 2 heterocycles. The molecular weight excluding hydrogens is 482 g/mol. The van der Waals surface area contributed by atoms with Gasteiger partial charge in [-0.1, -0.05) is 12.1 Å². The Balaban J connectivity index is 1.54. The highest BCUT2D eigenvalue weighted by Crippen LogP contribution is 2.25. The van der Waals surface area contributed by atoms with E-state index in [0.717, 1.165) is 21.9 Å². The molecule has 2 aromatic carbocycles. The Morgan fingerprint density at radius 2 is 1.75 bits per heavy atom. The van der Waals surface area contributed by atoms with Gasteiger partial charge in [0.05, 0.1) is 4.90 Å². The molecule has 0 unspecified atom stereocenters. The number of nitrogens with zero attached hydrogens (tertiary/aromatic N) is 2. The van der Waals surface area contributed by atoms with Crippen LogP contribution in [0, 0.1) is 20.8 Å². The van der Waals surface area contributed by atoms with Gasteiger partial charge in [-0.25, -0.2) is 23.3 Å². The van der Waals surface area contributed by atoms with Crippen molar-refractivity contribution in [1.82, 2.24) is 14.8 Å². The Hall–Kier alpha value is -4.22. The second kappa shape index (κ2) is 9.44. The molecule has 1 fully saturated rings. The largest absolute Gasteiger partial charge is 0.329 e. The molecule has 3 aromatic rings. The molecule has 10 nitrogen and oxygen atoms in total. The highest BCUT2D eigenvalue weighted by molar-refractivity contribution is 7.89. The molecule has 36 heavy (non-hydrogen) atoms. The summed E-state index contributed by atoms with van der Waals surface area (Å²) < 4.78 is 25.0. The third-order valence-corrected chi connectivity index (χ3v) is 6.69. The molecule has 1 aromatic heterocycles. The fraction of sp³-hybridized carbons (Fsp3) is 0.160. The first kappa shape index (κ1) is 24.9. The van der Waals surface area contributed by atoms with E-state index in [1.165, 1.54) is 12.1 Å². The van der Waals surface area contributed by atoms with Crippen molar-refractivity contribution in [3.05, 3.63) is 82.8 Å². The Morgan fingerprint density at radius 1 is 1.06 bits per heavy atom. The van der Waals surface area contributed by atoms with Gasteiger partial charge in [0.2, 0.25) is 15.9 Å². The number of amides is 4. The van der Waals surface area contributed by atoms with Crippen LogP contribution < -0.4 is 15.8 Å². The van der Waals surface area contributed by atoms with Crippen LogP contribution in [0.3, 0.4) is 0 Å². The summed E-state index contributed by atoms with van der Waals surface area (Å²) in [4.78, 5) is 38.6. The van der Waals surface area contributed by atoms with E-state index in [4.69, 9.17) is 5.14 Å². The minimum Gasteiger partial charge on any atom is -0.325 e. The summed E-state index contributed by atoms with van der Waals surface area (Å²) in [6.07, 6.45) is 1.55. The predicted molar refractivity (Wildman–Crippen MR) is 135 cm³/mol. The predicted octanol–water partition coefficient (Wildman–Crippen LogP) is 2.58. The van der Waals surface area contributed by atoms with Crippen molar-refractivity contribution in [2.24, 2.45) is 5.14 Å². The quantitative estimate of drug-likeness (QED) is 0.347. The molecule has 0 bridgehead atoms. The summed E-state index contributed by atoms with van der Waals surface area (Å²) >= 11 is 0. The Bertz CT molecular complexity index is 1520. The number of aryl methyl sites for hydroxylation is 2. The van der Waals surface area contributed by atoms with Crippen LogP contribution in [0.1, 0.15) is 22.5 Å². The van der Waals surface area contributed by atoms with Gasteiger partial charge in [-0.3, -0.25) is 9.59 Å². The maximum atomic E-state index is 12.9. The zero-order valence-corrected chi connectivity index (χ0v) is 20.7. The van der Waals surface area contributed by atoms with Crippen LogP contribution in [-0.2, 0) is 19.6 Å². The van der Waals surface area contributed by atoms with Crippen molar-refractivity contribution < 1.29 is 22.8 Å². The lowest BCUT2D eigenvalue weighted by Crippen LogP contribution is -2.38. The van der Waals surface area contributed by atoms with Crippen LogP contribution in [0.4, 0.5) is 10.5 Å². The first-order chi connectivity index (χ1) is 16.9. The summed E-state index contributed by atoms with van der Waals surface area (Å²) in [7, 11) is -3.81. The smallest absolute Gasteiger partial charge is 0.325 e. The third-order valence-electron chi connectivity index (χ3n) is 5.76. The van der Waals surface area contributed by atoms with Crippen molar-refractivity contribution in [2.75, 3.05) is 11.9 Å². The van der Waals surface area contributed by atoms with Gasteiger partial charge in [-0.15, -0.1) is 0 Å². The topological polar surface area (TPSA) is 144 Å². The zero-order chi connectivity index (χ0) is 26.2. The number of carbonyl (C=O) groups excluding carboxylic acids is 3. The summed E-state index contributed by atoms with van der Waals surface area (Å²) in [5.74, 6) is -1.10. The van der Waals surface area contributed by atoms with Gasteiger partial charge < -0.3 is 15.2 Å². The normalized spacial score (nSPS) is 14.9. The van der Waals surface area contributed by atoms with E-state index in [1.807, 2.05) is 37.5 Å². The van der Waals surface area contributed by atoms with Crippen molar-refractivity contribution in [3.8, 4) is 5.69 Å². The number of aromatic nitrogens is 1. The average molecular weight is 508 g/mol. The molecule has 0 spiro atoms. The SMILES string of the molecule is Cc1cccc(NC(=O)CN2C(=O)NC(=Cc3cc(C)n(-c4ccc(S(N)(=O)=O)cc4)c3C)C2=O)c1. The molecule has 0 saturated carbocycles. The van der Waals surface area contributed by atoms with E-state index >= 15 is 0 Å². The minimum absolute atomic E-state index is 0.00171. The maximum absolute atomic E-state index is 12.9. The lowest BCUT2D eigenvalue weighted by atomic mass is 10.2. The lowest BCUT2D eigenvalue weighted by molar-refractivity contribution is -0.127. The van der Waals surface area contributed by atoms with Crippen LogP contribution in [0.5, 0.6) is 0 Å². The summed E-state index contributed by atoms with van der Waals surface area (Å²) in [6.45, 7) is 5.16. The number of hydrogen-bond donors (Lipinski definition) is 3. The van der Waals surface area contributed by atoms with E-state index in [1.54, 1.807) is 36.4 Å². The van der Waals surface area contributed by atoms with Crippen LogP contribution in [-0.4, -0.2) is 42.3 Å². The monoisotopic (exact) mass is 507 g/mol. The number of anilines is 1. The second-order valence-corrected chi connectivity index (χ2v) is 10.1. The number of primary sulfonamides is 1. The van der Waals surface area contributed by atoms with E-state index in [0.29, 0.717) is 16.9 Å². The number of benzene rings is 2. The Morgan fingerprint density at radius 3 is 2.39 bits per heavy atom. The first-order valence-corrected chi connectivity index (χ1v) is 12.5. The molecule has 0 atom stereocenters. The van der Waals surface area contributed by atoms with Gasteiger partial charge in [-0.05, 0) is 80.4 Å². The number of rotatable bonds is 6. The van der Waals surface area contributed by atoms with Crippen molar-refractivity contribution in [2.45, 2.75) is 25.7 Å². The van der Waals surface area contributed by atoms with E-state index in [-0.39, 0.29) is 10.6 Å². The van der Waals surface area contributed by atoms with Gasteiger partial charge in [0, 0.05) is 22.8 Å². The molecule has 1 aliphatic rings. The fourth-order valence-corrected chi connectivity index (χ4v) is 4.57. The molecule has 0 radical (unpaired) electrons. The number of carbonyl (C=O) groups is 3. The molecule has 0 aliphatic carbocycles. The van der Waals surface area contributed by atoms with Crippen LogP contribution in [0.15, 0.2) is 65.2 Å². The average Bonchev–Trinajstić information content (AvgIpc) is 3.22. The van der Waals surface area contributed by atoms with Gasteiger partial charge in [0.25, 0.3) is 5.91 Å². The Labute approximate surface area is 208 Å². The van der Waals surface area contributed by atoms with Crippen LogP contribution in [0.2, 0.25) is 0 Å². The molecule has 4 amide bonds. The molecule has 186 valence electrons. The van der Waals surface area contributed by atoms with E-state index < -0.39 is 34.4 Å². The molecule has 1 aliphatic heterocycles. The standard InChI is InChI=1S/C25H25N5O5S/c1-15-5-4-6-19(11-15)27-23(31)14-29-24(32)22(28-25(29)33)13-18-12-16(2)30(17(18)3)20-7-9-21(10-8-20)36(26,34)35/h4-13H,14H2,1-3H3,(H,27,31)(H,28,33)(H2,26,34,35). The minimum atomic E-state index is -3.81. The number of hydrogen-bond acceptors (Lipinski definition) is 5. The lowest BCUT2D eigenvalue weighted by Gasteiger charge is -2.12. The number of urea groups is 1.